The summed E-state index contributed by atoms with van der Waals surface area (Å²) in [5.41, 5.74) is 0. The van der Waals surface area contributed by atoms with Crippen molar-refractivity contribution in [3.8, 4) is 0 Å². The highest BCUT2D eigenvalue weighted by atomic mass is 35.5. The van der Waals surface area contributed by atoms with Crippen molar-refractivity contribution >= 4 is 28.9 Å². The van der Waals surface area contributed by atoms with Gasteiger partial charge in [-0.3, -0.25) is 0 Å². The fraction of sp³-hybridized carbons (Fsp3) is 0.625. The molecule has 0 aromatic carbocycles. The Morgan fingerprint density at radius 2 is 2.23 bits per heavy atom. The molecular formula is C8H14ClN3S. The van der Waals surface area contributed by atoms with Gasteiger partial charge < -0.3 is 10.6 Å². The van der Waals surface area contributed by atoms with Gasteiger partial charge >= 0.3 is 0 Å². The maximum Gasteiger partial charge on any atom is 0.182 e. The molecule has 2 rings (SSSR count). The second-order valence-corrected chi connectivity index (χ2v) is 3.90. The maximum absolute atomic E-state index is 4.20. The van der Waals surface area contributed by atoms with Crippen LogP contribution >= 0.6 is 23.7 Å². The molecule has 1 saturated heterocycles. The molecule has 3 nitrogen and oxygen atoms in total. The average Bonchev–Trinajstić information content (AvgIpc) is 2.59. The van der Waals surface area contributed by atoms with Crippen LogP contribution < -0.4 is 10.6 Å². The number of piperidine rings is 1. The quantitative estimate of drug-likeness (QED) is 0.796. The van der Waals surface area contributed by atoms with Crippen LogP contribution in [0.5, 0.6) is 0 Å². The van der Waals surface area contributed by atoms with Crippen LogP contribution in [0.4, 0.5) is 5.13 Å². The Hall–Kier alpha value is -0.320. The summed E-state index contributed by atoms with van der Waals surface area (Å²) >= 11 is 1.67. The standard InChI is InChI=1S/C8H13N3S.ClH/c1-3-9-4-2-7(1)11-8-10-5-6-12-8;/h5-7,9H,1-4H2,(H,10,11);1H. The first-order valence-electron chi connectivity index (χ1n) is 4.32. The van der Waals surface area contributed by atoms with Crippen molar-refractivity contribution in [3.05, 3.63) is 11.6 Å². The highest BCUT2D eigenvalue weighted by Crippen LogP contribution is 2.15. The fourth-order valence-electron chi connectivity index (χ4n) is 1.44. The van der Waals surface area contributed by atoms with E-state index >= 15 is 0 Å². The number of nitrogens with one attached hydrogen (secondary N) is 2. The molecule has 1 aliphatic rings. The van der Waals surface area contributed by atoms with Crippen LogP contribution in [0.25, 0.3) is 0 Å². The summed E-state index contributed by atoms with van der Waals surface area (Å²) < 4.78 is 0. The molecule has 0 unspecified atom stereocenters. The summed E-state index contributed by atoms with van der Waals surface area (Å²) in [6.07, 6.45) is 4.26. The molecule has 0 amide bonds. The van der Waals surface area contributed by atoms with E-state index in [1.165, 1.54) is 12.8 Å². The van der Waals surface area contributed by atoms with Crippen molar-refractivity contribution in [3.63, 3.8) is 0 Å². The molecule has 74 valence electrons. The second-order valence-electron chi connectivity index (χ2n) is 3.01. The summed E-state index contributed by atoms with van der Waals surface area (Å²) in [6.45, 7) is 2.26. The minimum absolute atomic E-state index is 0. The average molecular weight is 220 g/mol. The number of anilines is 1. The van der Waals surface area contributed by atoms with Gasteiger partial charge in [-0.15, -0.1) is 23.7 Å². The fourth-order valence-corrected chi connectivity index (χ4v) is 2.04. The van der Waals surface area contributed by atoms with Crippen LogP contribution in [0.15, 0.2) is 11.6 Å². The van der Waals surface area contributed by atoms with Gasteiger partial charge in [0.1, 0.15) is 0 Å². The lowest BCUT2D eigenvalue weighted by Gasteiger charge is -2.23. The summed E-state index contributed by atoms with van der Waals surface area (Å²) in [5, 5.41) is 9.83. The van der Waals surface area contributed by atoms with Crippen molar-refractivity contribution < 1.29 is 0 Å². The minimum Gasteiger partial charge on any atom is -0.359 e. The normalized spacial score (nSPS) is 17.8. The molecule has 0 aliphatic carbocycles. The number of hydrogen-bond donors (Lipinski definition) is 2. The van der Waals surface area contributed by atoms with Gasteiger partial charge in [0.05, 0.1) is 0 Å². The zero-order valence-electron chi connectivity index (χ0n) is 7.32. The number of nitrogens with zero attached hydrogens (tertiary/aromatic N) is 1. The highest BCUT2D eigenvalue weighted by Gasteiger charge is 2.12. The van der Waals surface area contributed by atoms with Crippen LogP contribution in [-0.2, 0) is 0 Å². The molecule has 13 heavy (non-hydrogen) atoms. The second kappa shape index (κ2) is 5.42. The molecule has 0 bridgehead atoms. The first-order valence-corrected chi connectivity index (χ1v) is 5.20. The van der Waals surface area contributed by atoms with Gasteiger partial charge in [-0.1, -0.05) is 0 Å². The molecular weight excluding hydrogens is 206 g/mol. The van der Waals surface area contributed by atoms with Crippen molar-refractivity contribution in [2.75, 3.05) is 18.4 Å². The van der Waals surface area contributed by atoms with Crippen LogP contribution in [0, 0.1) is 0 Å². The van der Waals surface area contributed by atoms with E-state index in [0.717, 1.165) is 18.2 Å². The number of hydrogen-bond acceptors (Lipinski definition) is 4. The third kappa shape index (κ3) is 3.14. The number of aromatic nitrogens is 1. The van der Waals surface area contributed by atoms with Crippen molar-refractivity contribution in [2.24, 2.45) is 0 Å². The van der Waals surface area contributed by atoms with Gasteiger partial charge in [-0.2, -0.15) is 0 Å². The van der Waals surface area contributed by atoms with E-state index in [9.17, 15) is 0 Å². The van der Waals surface area contributed by atoms with Crippen LogP contribution in [0.1, 0.15) is 12.8 Å². The zero-order valence-corrected chi connectivity index (χ0v) is 8.96. The Morgan fingerprint density at radius 3 is 2.85 bits per heavy atom. The van der Waals surface area contributed by atoms with Gasteiger partial charge in [-0.25, -0.2) is 4.98 Å². The number of thiazole rings is 1. The van der Waals surface area contributed by atoms with E-state index in [1.54, 1.807) is 11.3 Å². The zero-order chi connectivity index (χ0) is 8.23. The van der Waals surface area contributed by atoms with Crippen molar-refractivity contribution in [1.29, 1.82) is 0 Å². The molecule has 1 aromatic heterocycles. The highest BCUT2D eigenvalue weighted by molar-refractivity contribution is 7.13. The van der Waals surface area contributed by atoms with E-state index in [1.807, 2.05) is 11.6 Å². The topological polar surface area (TPSA) is 37.0 Å². The summed E-state index contributed by atoms with van der Waals surface area (Å²) in [7, 11) is 0. The van der Waals surface area contributed by atoms with E-state index < -0.39 is 0 Å². The molecule has 0 saturated carbocycles. The Kier molecular flexibility index (Phi) is 4.48. The summed E-state index contributed by atoms with van der Waals surface area (Å²) in [6, 6.07) is 0.623. The number of rotatable bonds is 2. The van der Waals surface area contributed by atoms with Crippen molar-refractivity contribution in [1.82, 2.24) is 10.3 Å². The van der Waals surface area contributed by atoms with E-state index in [2.05, 4.69) is 15.6 Å². The SMILES string of the molecule is Cl.c1csc(NC2CCNCC2)n1. The summed E-state index contributed by atoms with van der Waals surface area (Å²) in [5.74, 6) is 0. The Labute approximate surface area is 88.4 Å². The largest absolute Gasteiger partial charge is 0.359 e. The first-order chi connectivity index (χ1) is 5.95. The molecule has 2 N–H and O–H groups in total. The molecule has 0 atom stereocenters. The number of halogens is 1. The Bertz CT molecular complexity index is 221. The van der Waals surface area contributed by atoms with Crippen LogP contribution in [0.2, 0.25) is 0 Å². The minimum atomic E-state index is 0. The third-order valence-corrected chi connectivity index (χ3v) is 2.80. The van der Waals surface area contributed by atoms with Crippen molar-refractivity contribution in [2.45, 2.75) is 18.9 Å². The first kappa shape index (κ1) is 10.8. The molecule has 5 heteroatoms. The van der Waals surface area contributed by atoms with Gasteiger partial charge in [0.25, 0.3) is 0 Å². The molecule has 0 radical (unpaired) electrons. The van der Waals surface area contributed by atoms with Gasteiger partial charge in [0.2, 0.25) is 0 Å². The predicted molar refractivity (Wildman–Crippen MR) is 58.9 cm³/mol. The summed E-state index contributed by atoms with van der Waals surface area (Å²) in [4.78, 5) is 4.20. The smallest absolute Gasteiger partial charge is 0.182 e. The molecule has 0 spiro atoms. The van der Waals surface area contributed by atoms with Crippen LogP contribution in [0.3, 0.4) is 0 Å². The predicted octanol–water partition coefficient (Wildman–Crippen LogP) is 1.73. The lowest BCUT2D eigenvalue weighted by Crippen LogP contribution is -2.35. The Morgan fingerprint density at radius 1 is 1.46 bits per heavy atom. The lowest BCUT2D eigenvalue weighted by molar-refractivity contribution is 0.479. The molecule has 1 fully saturated rings. The van der Waals surface area contributed by atoms with Gasteiger partial charge in [0.15, 0.2) is 5.13 Å². The molecule has 1 aromatic rings. The monoisotopic (exact) mass is 219 g/mol. The Balaban J connectivity index is 0.000000845. The van der Waals surface area contributed by atoms with Crippen LogP contribution in [-0.4, -0.2) is 24.1 Å². The lowest BCUT2D eigenvalue weighted by atomic mass is 10.1. The molecule has 1 aliphatic heterocycles. The van der Waals surface area contributed by atoms with E-state index in [-0.39, 0.29) is 12.4 Å². The molecule has 2 heterocycles. The van der Waals surface area contributed by atoms with Gasteiger partial charge in [0, 0.05) is 17.6 Å². The van der Waals surface area contributed by atoms with E-state index in [0.29, 0.717) is 6.04 Å². The van der Waals surface area contributed by atoms with Gasteiger partial charge in [-0.05, 0) is 25.9 Å². The maximum atomic E-state index is 4.20. The third-order valence-electron chi connectivity index (χ3n) is 2.10. The van der Waals surface area contributed by atoms with E-state index in [4.69, 9.17) is 0 Å².